The summed E-state index contributed by atoms with van der Waals surface area (Å²) < 4.78 is 13.9. The van der Waals surface area contributed by atoms with Gasteiger partial charge in [-0.3, -0.25) is 0 Å². The van der Waals surface area contributed by atoms with Gasteiger partial charge in [-0.2, -0.15) is 0 Å². The molecule has 52 heavy (non-hydrogen) atoms. The first-order valence-electron chi connectivity index (χ1n) is 18.2. The van der Waals surface area contributed by atoms with Gasteiger partial charge in [-0.1, -0.05) is 153 Å². The fraction of sp³-hybridized carbons (Fsp3) is 0.208. The number of rotatable bonds is 6. The summed E-state index contributed by atoms with van der Waals surface area (Å²) in [6.07, 6.45) is 2.20. The fourth-order valence-electron chi connectivity index (χ4n) is 8.89. The van der Waals surface area contributed by atoms with Crippen LogP contribution in [0.4, 0.5) is 0 Å². The normalized spacial score (nSPS) is 22.4. The lowest BCUT2D eigenvalue weighted by molar-refractivity contribution is -0.183. The van der Waals surface area contributed by atoms with Gasteiger partial charge in [-0.05, 0) is 98.1 Å². The standard InChI is InChI=1S/C48H42O4/c1-31-42-19-11-10-15-35(42)23-27-43(31)48(50,41-26-22-34-14-6-9-18-38(34)30-41)45-44(51-46(2,3)52-45)47(49,39-24-20-32-12-4-7-16-36(32)28-39)40-25-21-33-13-5-8-17-37(33)29-40/h4-31,43-45,49-50H,1-3H3/t31?,43?,44?,45-,48?/m1/s1. The highest BCUT2D eigenvalue weighted by molar-refractivity contribution is 5.86. The highest BCUT2D eigenvalue weighted by Crippen LogP contribution is 2.54. The maximum Gasteiger partial charge on any atom is 0.164 e. The van der Waals surface area contributed by atoms with Crippen LogP contribution in [0.15, 0.2) is 158 Å². The van der Waals surface area contributed by atoms with Crippen molar-refractivity contribution in [1.29, 1.82) is 0 Å². The van der Waals surface area contributed by atoms with E-state index in [1.807, 2.05) is 98.8 Å². The fourth-order valence-corrected chi connectivity index (χ4v) is 8.89. The first-order valence-corrected chi connectivity index (χ1v) is 18.2. The van der Waals surface area contributed by atoms with Crippen molar-refractivity contribution in [2.24, 2.45) is 5.92 Å². The van der Waals surface area contributed by atoms with Crippen LogP contribution < -0.4 is 0 Å². The molecular formula is C48H42O4. The number of benzene rings is 7. The van der Waals surface area contributed by atoms with Crippen molar-refractivity contribution in [3.05, 3.63) is 186 Å². The lowest BCUT2D eigenvalue weighted by Crippen LogP contribution is -2.57. The van der Waals surface area contributed by atoms with Gasteiger partial charge in [0.25, 0.3) is 0 Å². The molecule has 1 aliphatic heterocycles. The summed E-state index contributed by atoms with van der Waals surface area (Å²) in [5, 5.41) is 33.9. The van der Waals surface area contributed by atoms with E-state index < -0.39 is 35.1 Å². The van der Waals surface area contributed by atoms with Crippen LogP contribution >= 0.6 is 0 Å². The van der Waals surface area contributed by atoms with Gasteiger partial charge in [0.1, 0.15) is 23.4 Å². The van der Waals surface area contributed by atoms with Crippen LogP contribution in [0.5, 0.6) is 0 Å². The summed E-state index contributed by atoms with van der Waals surface area (Å²) in [4.78, 5) is 0. The molecule has 0 bridgehead atoms. The summed E-state index contributed by atoms with van der Waals surface area (Å²) in [7, 11) is 0. The van der Waals surface area contributed by atoms with Crippen LogP contribution in [0.25, 0.3) is 38.4 Å². The lowest BCUT2D eigenvalue weighted by Gasteiger charge is -2.47. The van der Waals surface area contributed by atoms with Crippen molar-refractivity contribution < 1.29 is 19.7 Å². The number of fused-ring (bicyclic) bond motifs is 4. The van der Waals surface area contributed by atoms with Crippen LogP contribution in [0.1, 0.15) is 54.5 Å². The van der Waals surface area contributed by atoms with E-state index in [9.17, 15) is 10.2 Å². The molecule has 1 aliphatic carbocycles. The third kappa shape index (κ3) is 5.21. The molecule has 4 nitrogen and oxygen atoms in total. The number of hydrogen-bond donors (Lipinski definition) is 2. The van der Waals surface area contributed by atoms with Gasteiger partial charge in [0.15, 0.2) is 5.79 Å². The monoisotopic (exact) mass is 682 g/mol. The molecule has 258 valence electrons. The molecule has 7 aromatic rings. The van der Waals surface area contributed by atoms with Crippen molar-refractivity contribution in [2.75, 3.05) is 0 Å². The van der Waals surface area contributed by atoms with Gasteiger partial charge >= 0.3 is 0 Å². The van der Waals surface area contributed by atoms with Crippen molar-refractivity contribution in [2.45, 2.75) is 55.9 Å². The zero-order valence-electron chi connectivity index (χ0n) is 29.6. The molecule has 2 N–H and O–H groups in total. The Balaban J connectivity index is 1.30. The van der Waals surface area contributed by atoms with E-state index in [4.69, 9.17) is 9.47 Å². The van der Waals surface area contributed by atoms with Crippen LogP contribution in [-0.4, -0.2) is 28.2 Å². The van der Waals surface area contributed by atoms with Gasteiger partial charge < -0.3 is 19.7 Å². The Hall–Kier alpha value is -5.10. The number of hydrogen-bond acceptors (Lipinski definition) is 4. The highest BCUT2D eigenvalue weighted by atomic mass is 16.8. The van der Waals surface area contributed by atoms with E-state index in [-0.39, 0.29) is 5.92 Å². The molecule has 5 atom stereocenters. The Morgan fingerprint density at radius 2 is 0.962 bits per heavy atom. The number of aliphatic hydroxyl groups is 2. The van der Waals surface area contributed by atoms with Crippen LogP contribution in [0, 0.1) is 5.92 Å². The second-order valence-electron chi connectivity index (χ2n) is 15.1. The van der Waals surface area contributed by atoms with E-state index >= 15 is 0 Å². The Bertz CT molecular complexity index is 2420. The van der Waals surface area contributed by atoms with Gasteiger partial charge in [-0.15, -0.1) is 0 Å². The van der Waals surface area contributed by atoms with Crippen LogP contribution in [0.3, 0.4) is 0 Å². The SMILES string of the molecule is CC1c2ccccc2C=CC1C(O)(c1ccc2ccccc2c1)[C@@H]1OC(C)(C)OC1C(O)(c1ccc2ccccc2c1)c1ccc2ccccc2c1. The molecule has 4 unspecified atom stereocenters. The average Bonchev–Trinajstić information content (AvgIpc) is 3.53. The molecule has 1 saturated heterocycles. The molecule has 0 saturated carbocycles. The Labute approximate surface area is 304 Å². The quantitative estimate of drug-likeness (QED) is 0.183. The molecule has 1 heterocycles. The zero-order valence-corrected chi connectivity index (χ0v) is 29.6. The van der Waals surface area contributed by atoms with E-state index in [0.717, 1.165) is 43.4 Å². The van der Waals surface area contributed by atoms with E-state index in [0.29, 0.717) is 16.7 Å². The maximum atomic E-state index is 13.9. The average molecular weight is 683 g/mol. The van der Waals surface area contributed by atoms with Crippen LogP contribution in [-0.2, 0) is 20.7 Å². The minimum absolute atomic E-state index is 0.0833. The predicted octanol–water partition coefficient (Wildman–Crippen LogP) is 10.2. The van der Waals surface area contributed by atoms with E-state index in [1.54, 1.807) is 0 Å². The van der Waals surface area contributed by atoms with Crippen molar-refractivity contribution in [3.63, 3.8) is 0 Å². The molecule has 0 aromatic heterocycles. The third-order valence-corrected chi connectivity index (χ3v) is 11.5. The van der Waals surface area contributed by atoms with Gasteiger partial charge in [0.2, 0.25) is 0 Å². The van der Waals surface area contributed by atoms with Crippen molar-refractivity contribution in [1.82, 2.24) is 0 Å². The molecule has 0 amide bonds. The Morgan fingerprint density at radius 3 is 1.52 bits per heavy atom. The van der Waals surface area contributed by atoms with Crippen molar-refractivity contribution >= 4 is 38.4 Å². The molecule has 0 radical (unpaired) electrons. The second kappa shape index (κ2) is 12.3. The molecule has 9 rings (SSSR count). The molecule has 1 fully saturated rings. The Morgan fingerprint density at radius 1 is 0.519 bits per heavy atom. The molecule has 4 heteroatoms. The molecule has 2 aliphatic rings. The molecule has 7 aromatic carbocycles. The van der Waals surface area contributed by atoms with Gasteiger partial charge in [0, 0.05) is 5.92 Å². The summed E-state index contributed by atoms with van der Waals surface area (Å²) >= 11 is 0. The summed E-state index contributed by atoms with van der Waals surface area (Å²) in [5.41, 5.74) is 0.944. The van der Waals surface area contributed by atoms with E-state index in [2.05, 4.69) is 85.8 Å². The van der Waals surface area contributed by atoms with Crippen molar-refractivity contribution in [3.8, 4) is 0 Å². The molecule has 0 spiro atoms. The van der Waals surface area contributed by atoms with E-state index in [1.165, 1.54) is 0 Å². The second-order valence-corrected chi connectivity index (χ2v) is 15.1. The Kier molecular flexibility index (Phi) is 7.73. The summed E-state index contributed by atoms with van der Waals surface area (Å²) in [5.74, 6) is -1.65. The first kappa shape index (κ1) is 32.8. The van der Waals surface area contributed by atoms with Crippen LogP contribution in [0.2, 0.25) is 0 Å². The zero-order chi connectivity index (χ0) is 35.7. The maximum absolute atomic E-state index is 13.9. The molecular weight excluding hydrogens is 641 g/mol. The minimum atomic E-state index is -1.74. The predicted molar refractivity (Wildman–Crippen MR) is 210 cm³/mol. The summed E-state index contributed by atoms with van der Waals surface area (Å²) in [6, 6.07) is 51.2. The number of ether oxygens (including phenoxy) is 2. The highest BCUT2D eigenvalue weighted by Gasteiger charge is 2.63. The largest absolute Gasteiger partial charge is 0.382 e. The minimum Gasteiger partial charge on any atom is -0.382 e. The first-order chi connectivity index (χ1) is 25.1. The lowest BCUT2D eigenvalue weighted by atomic mass is 9.64. The van der Waals surface area contributed by atoms with Gasteiger partial charge in [-0.25, -0.2) is 0 Å². The van der Waals surface area contributed by atoms with Gasteiger partial charge in [0.05, 0.1) is 0 Å². The topological polar surface area (TPSA) is 58.9 Å². The smallest absolute Gasteiger partial charge is 0.164 e. The third-order valence-electron chi connectivity index (χ3n) is 11.5. The summed E-state index contributed by atoms with van der Waals surface area (Å²) in [6.45, 7) is 5.92.